The van der Waals surface area contributed by atoms with E-state index in [4.69, 9.17) is 0 Å². The monoisotopic (exact) mass is 821 g/mol. The van der Waals surface area contributed by atoms with Crippen LogP contribution in [-0.2, 0) is 0 Å². The maximum atomic E-state index is 2.37. The van der Waals surface area contributed by atoms with E-state index < -0.39 is 0 Å². The Hall–Kier alpha value is -7.78. The number of benzene rings is 10. The van der Waals surface area contributed by atoms with E-state index in [9.17, 15) is 0 Å². The molecule has 1 nitrogen and oxygen atoms in total. The van der Waals surface area contributed by atoms with Crippen molar-refractivity contribution >= 4 is 72.9 Å². The van der Waals surface area contributed by atoms with Gasteiger partial charge in [-0.05, 0) is 144 Å². The summed E-state index contributed by atoms with van der Waals surface area (Å²) >= 11 is 1.85. The van der Waals surface area contributed by atoms with E-state index in [2.05, 4.69) is 248 Å². The first-order valence-corrected chi connectivity index (χ1v) is 22.4. The molecule has 298 valence electrons. The molecule has 11 rings (SSSR count). The Morgan fingerprint density at radius 2 is 0.794 bits per heavy atom. The van der Waals surface area contributed by atoms with Gasteiger partial charge in [0, 0.05) is 26.8 Å². The standard InChI is InChI=1S/C61H43NS/c1-42-23-32-51(33-24-42)62(52-34-27-44(28-35-52)26-25-43-13-4-2-5-14-43)53-36-31-46-39-50(30-29-47(46)41-53)61-56-21-10-8-19-54(56)60(55-20-9-11-22-57(55)61)49-18-12-17-48(40-49)59-38-37-58(63-59)45-15-6-3-7-16-45/h2-41H,1H3/b26-25+. The molecule has 0 spiro atoms. The van der Waals surface area contributed by atoms with Crippen molar-refractivity contribution in [1.29, 1.82) is 0 Å². The summed E-state index contributed by atoms with van der Waals surface area (Å²) in [5, 5.41) is 7.42. The third kappa shape index (κ3) is 7.52. The van der Waals surface area contributed by atoms with Gasteiger partial charge in [0.1, 0.15) is 0 Å². The van der Waals surface area contributed by atoms with Gasteiger partial charge in [0.05, 0.1) is 0 Å². The SMILES string of the molecule is Cc1ccc(N(c2ccc(/C=C/c3ccccc3)cc2)c2ccc3cc(-c4c5ccccc5c(-c5cccc(-c6ccc(-c7ccccc7)s6)c5)c5ccccc45)ccc3c2)cc1. The van der Waals surface area contributed by atoms with E-state index in [1.807, 2.05) is 17.4 Å². The molecule has 2 heteroatoms. The van der Waals surface area contributed by atoms with Gasteiger partial charge in [-0.15, -0.1) is 11.3 Å². The number of fused-ring (bicyclic) bond motifs is 3. The van der Waals surface area contributed by atoms with Gasteiger partial charge < -0.3 is 4.90 Å². The molecule has 0 saturated heterocycles. The maximum Gasteiger partial charge on any atom is 0.0468 e. The summed E-state index contributed by atoms with van der Waals surface area (Å²) in [6, 6.07) is 84.1. The van der Waals surface area contributed by atoms with Crippen molar-refractivity contribution in [2.24, 2.45) is 0 Å². The predicted octanol–water partition coefficient (Wildman–Crippen LogP) is 17.8. The van der Waals surface area contributed by atoms with Gasteiger partial charge in [0.15, 0.2) is 0 Å². The van der Waals surface area contributed by atoms with E-state index >= 15 is 0 Å². The van der Waals surface area contributed by atoms with Crippen LogP contribution in [0.4, 0.5) is 17.1 Å². The number of thiophene rings is 1. The predicted molar refractivity (Wildman–Crippen MR) is 273 cm³/mol. The minimum absolute atomic E-state index is 1.11. The van der Waals surface area contributed by atoms with Gasteiger partial charge in [0.25, 0.3) is 0 Å². The average Bonchev–Trinajstić information content (AvgIpc) is 3.85. The second-order valence-electron chi connectivity index (χ2n) is 16.2. The Morgan fingerprint density at radius 1 is 0.333 bits per heavy atom. The molecule has 10 aromatic carbocycles. The van der Waals surface area contributed by atoms with Crippen LogP contribution in [0.3, 0.4) is 0 Å². The zero-order valence-corrected chi connectivity index (χ0v) is 35.8. The van der Waals surface area contributed by atoms with Crippen LogP contribution in [0.25, 0.3) is 87.6 Å². The van der Waals surface area contributed by atoms with Crippen LogP contribution in [0, 0.1) is 6.92 Å². The molecule has 0 atom stereocenters. The first-order valence-electron chi connectivity index (χ1n) is 21.6. The molecule has 0 radical (unpaired) electrons. The second-order valence-corrected chi connectivity index (χ2v) is 17.3. The first kappa shape index (κ1) is 38.2. The van der Waals surface area contributed by atoms with Gasteiger partial charge >= 0.3 is 0 Å². The fraction of sp³-hybridized carbons (Fsp3) is 0.0164. The fourth-order valence-electron chi connectivity index (χ4n) is 8.99. The molecule has 0 unspecified atom stereocenters. The van der Waals surface area contributed by atoms with Gasteiger partial charge in [0.2, 0.25) is 0 Å². The highest BCUT2D eigenvalue weighted by molar-refractivity contribution is 7.18. The number of hydrogen-bond donors (Lipinski definition) is 0. The lowest BCUT2D eigenvalue weighted by atomic mass is 9.85. The quantitative estimate of drug-likeness (QED) is 0.104. The molecule has 63 heavy (non-hydrogen) atoms. The van der Waals surface area contributed by atoms with Gasteiger partial charge in [-0.3, -0.25) is 0 Å². The first-order chi connectivity index (χ1) is 31.1. The summed E-state index contributed by atoms with van der Waals surface area (Å²) in [4.78, 5) is 4.91. The minimum atomic E-state index is 1.11. The molecule has 0 fully saturated rings. The molecule has 0 aliphatic carbocycles. The van der Waals surface area contributed by atoms with Gasteiger partial charge in [-0.1, -0.05) is 188 Å². The lowest BCUT2D eigenvalue weighted by Gasteiger charge is -2.26. The molecular formula is C61H43NS. The van der Waals surface area contributed by atoms with Crippen molar-refractivity contribution in [2.45, 2.75) is 6.92 Å². The number of rotatable bonds is 9. The fourth-order valence-corrected chi connectivity index (χ4v) is 10.00. The molecule has 0 aliphatic rings. The Labute approximate surface area is 373 Å². The van der Waals surface area contributed by atoms with Crippen molar-refractivity contribution in [3.8, 4) is 43.1 Å². The van der Waals surface area contributed by atoms with Crippen molar-refractivity contribution in [1.82, 2.24) is 0 Å². The number of anilines is 3. The van der Waals surface area contributed by atoms with Crippen molar-refractivity contribution < 1.29 is 0 Å². The van der Waals surface area contributed by atoms with E-state index in [1.54, 1.807) is 0 Å². The molecule has 1 aromatic heterocycles. The Morgan fingerprint density at radius 3 is 1.43 bits per heavy atom. The van der Waals surface area contributed by atoms with Gasteiger partial charge in [-0.25, -0.2) is 0 Å². The van der Waals surface area contributed by atoms with Crippen LogP contribution in [0.5, 0.6) is 0 Å². The van der Waals surface area contributed by atoms with Crippen molar-refractivity contribution in [3.05, 3.63) is 247 Å². The van der Waals surface area contributed by atoms with Gasteiger partial charge in [-0.2, -0.15) is 0 Å². The second kappa shape index (κ2) is 16.6. The highest BCUT2D eigenvalue weighted by Gasteiger charge is 2.19. The Balaban J connectivity index is 0.977. The molecule has 11 aromatic rings. The molecule has 1 heterocycles. The molecular weight excluding hydrogens is 779 g/mol. The smallest absolute Gasteiger partial charge is 0.0468 e. The molecule has 0 saturated carbocycles. The molecule has 0 bridgehead atoms. The number of nitrogens with zero attached hydrogens (tertiary/aromatic N) is 1. The van der Waals surface area contributed by atoms with E-state index in [0.29, 0.717) is 0 Å². The van der Waals surface area contributed by atoms with Crippen LogP contribution in [0.1, 0.15) is 16.7 Å². The lowest BCUT2D eigenvalue weighted by molar-refractivity contribution is 1.28. The zero-order chi connectivity index (χ0) is 42.1. The summed E-state index contributed by atoms with van der Waals surface area (Å²) in [7, 11) is 0. The third-order valence-electron chi connectivity index (χ3n) is 12.1. The average molecular weight is 822 g/mol. The summed E-state index contributed by atoms with van der Waals surface area (Å²) in [5.41, 5.74) is 14.4. The topological polar surface area (TPSA) is 3.24 Å². The summed E-state index contributed by atoms with van der Waals surface area (Å²) in [6.07, 6.45) is 4.34. The van der Waals surface area contributed by atoms with E-state index in [1.165, 1.54) is 86.6 Å². The minimum Gasteiger partial charge on any atom is -0.310 e. The maximum absolute atomic E-state index is 2.37. The summed E-state index contributed by atoms with van der Waals surface area (Å²) in [6.45, 7) is 2.14. The Bertz CT molecular complexity index is 3380. The molecule has 0 N–H and O–H groups in total. The largest absolute Gasteiger partial charge is 0.310 e. The van der Waals surface area contributed by atoms with Crippen LogP contribution >= 0.6 is 11.3 Å². The molecule has 0 amide bonds. The Kier molecular flexibility index (Phi) is 10.0. The normalized spacial score (nSPS) is 11.5. The third-order valence-corrected chi connectivity index (χ3v) is 13.3. The van der Waals surface area contributed by atoms with E-state index in [0.717, 1.165) is 22.6 Å². The zero-order valence-electron chi connectivity index (χ0n) is 34.9. The van der Waals surface area contributed by atoms with Crippen LogP contribution < -0.4 is 4.90 Å². The van der Waals surface area contributed by atoms with E-state index in [-0.39, 0.29) is 0 Å². The van der Waals surface area contributed by atoms with Crippen LogP contribution in [0.15, 0.2) is 231 Å². The highest BCUT2D eigenvalue weighted by atomic mass is 32.1. The molecule has 0 aliphatic heterocycles. The number of aryl methyl sites for hydroxylation is 1. The summed E-state index contributed by atoms with van der Waals surface area (Å²) in [5.74, 6) is 0. The highest BCUT2D eigenvalue weighted by Crippen LogP contribution is 2.46. The number of hydrogen-bond acceptors (Lipinski definition) is 2. The lowest BCUT2D eigenvalue weighted by Crippen LogP contribution is -2.09. The van der Waals surface area contributed by atoms with Crippen molar-refractivity contribution in [2.75, 3.05) is 4.90 Å². The van der Waals surface area contributed by atoms with Crippen molar-refractivity contribution in [3.63, 3.8) is 0 Å². The van der Waals surface area contributed by atoms with Crippen LogP contribution in [0.2, 0.25) is 0 Å². The van der Waals surface area contributed by atoms with Crippen LogP contribution in [-0.4, -0.2) is 0 Å². The summed E-state index contributed by atoms with van der Waals surface area (Å²) < 4.78 is 0.